The van der Waals surface area contributed by atoms with Crippen molar-refractivity contribution in [1.82, 2.24) is 0 Å². The van der Waals surface area contributed by atoms with Gasteiger partial charge >= 0.3 is 0 Å². The third-order valence-electron chi connectivity index (χ3n) is 2.67. The van der Waals surface area contributed by atoms with E-state index in [1.54, 1.807) is 0 Å². The fourth-order valence-corrected chi connectivity index (χ4v) is 2.60. The molecule has 0 bridgehead atoms. The Morgan fingerprint density at radius 3 is 3.09 bits per heavy atom. The topological polar surface area (TPSA) is 18.5 Å². The van der Waals surface area contributed by atoms with Crippen molar-refractivity contribution in [2.24, 2.45) is 5.41 Å². The highest BCUT2D eigenvalue weighted by molar-refractivity contribution is 9.09. The van der Waals surface area contributed by atoms with Crippen LogP contribution in [0, 0.1) is 5.41 Å². The van der Waals surface area contributed by atoms with Crippen LogP contribution in [0.1, 0.15) is 13.3 Å². The summed E-state index contributed by atoms with van der Waals surface area (Å²) >= 11 is 3.63. The third-order valence-corrected chi connectivity index (χ3v) is 3.85. The van der Waals surface area contributed by atoms with Crippen molar-refractivity contribution in [2.75, 3.05) is 19.8 Å². The van der Waals surface area contributed by atoms with Crippen LogP contribution in [0.4, 0.5) is 0 Å². The largest absolute Gasteiger partial charge is 0.380 e. The molecule has 1 heterocycles. The number of halogens is 1. The van der Waals surface area contributed by atoms with E-state index in [2.05, 4.69) is 15.9 Å². The second-order valence-corrected chi connectivity index (χ2v) is 4.47. The zero-order valence-corrected chi connectivity index (χ0v) is 8.26. The average molecular weight is 221 g/mol. The maximum atomic E-state index is 5.55. The minimum absolute atomic E-state index is 0.343. The lowest BCUT2D eigenvalue weighted by Crippen LogP contribution is -2.18. The molecule has 1 saturated carbocycles. The van der Waals surface area contributed by atoms with Crippen LogP contribution in [0.25, 0.3) is 0 Å². The fourth-order valence-electron chi connectivity index (χ4n) is 1.80. The van der Waals surface area contributed by atoms with Gasteiger partial charge in [-0.1, -0.05) is 15.9 Å². The molecule has 3 heteroatoms. The molecule has 64 valence electrons. The first-order chi connectivity index (χ1) is 5.29. The lowest BCUT2D eigenvalue weighted by Gasteiger charge is -2.10. The van der Waals surface area contributed by atoms with Crippen LogP contribution in [-0.4, -0.2) is 30.8 Å². The Labute approximate surface area is 75.4 Å². The summed E-state index contributed by atoms with van der Waals surface area (Å²) in [6.45, 7) is 4.61. The summed E-state index contributed by atoms with van der Waals surface area (Å²) < 4.78 is 10.9. The van der Waals surface area contributed by atoms with Crippen LogP contribution in [0.3, 0.4) is 0 Å². The van der Waals surface area contributed by atoms with Crippen LogP contribution in [0.5, 0.6) is 0 Å². The highest BCUT2D eigenvalue weighted by Crippen LogP contribution is 2.56. The van der Waals surface area contributed by atoms with Crippen molar-refractivity contribution < 1.29 is 9.47 Å². The summed E-state index contributed by atoms with van der Waals surface area (Å²) in [5.74, 6) is 0. The van der Waals surface area contributed by atoms with E-state index in [1.165, 1.54) is 6.42 Å². The number of alkyl halides is 1. The molecule has 2 nitrogen and oxygen atoms in total. The Morgan fingerprint density at radius 1 is 1.73 bits per heavy atom. The Balaban J connectivity index is 1.94. The van der Waals surface area contributed by atoms with E-state index in [4.69, 9.17) is 9.47 Å². The first-order valence-corrected chi connectivity index (χ1v) is 5.04. The Hall–Kier alpha value is 0.400. The molecule has 2 fully saturated rings. The summed E-state index contributed by atoms with van der Waals surface area (Å²) in [6.07, 6.45) is 1.64. The molecule has 0 aromatic carbocycles. The molecular weight excluding hydrogens is 208 g/mol. The van der Waals surface area contributed by atoms with Crippen molar-refractivity contribution in [3.63, 3.8) is 0 Å². The van der Waals surface area contributed by atoms with Gasteiger partial charge < -0.3 is 9.47 Å². The van der Waals surface area contributed by atoms with Gasteiger partial charge in [-0.2, -0.15) is 0 Å². The van der Waals surface area contributed by atoms with Gasteiger partial charge in [0.2, 0.25) is 0 Å². The summed E-state index contributed by atoms with van der Waals surface area (Å²) in [6, 6.07) is 0. The molecule has 1 spiro atoms. The van der Waals surface area contributed by atoms with Gasteiger partial charge in [-0.25, -0.2) is 0 Å². The van der Waals surface area contributed by atoms with Gasteiger partial charge in [0.15, 0.2) is 0 Å². The highest BCUT2D eigenvalue weighted by atomic mass is 79.9. The zero-order valence-electron chi connectivity index (χ0n) is 6.68. The summed E-state index contributed by atoms with van der Waals surface area (Å²) in [5, 5.41) is 0. The Bertz CT molecular complexity index is 162. The number of hydrogen-bond acceptors (Lipinski definition) is 2. The molecule has 1 aliphatic heterocycles. The fraction of sp³-hybridized carbons (Fsp3) is 1.00. The molecule has 1 unspecified atom stereocenters. The summed E-state index contributed by atoms with van der Waals surface area (Å²) in [7, 11) is 0. The van der Waals surface area contributed by atoms with E-state index in [9.17, 15) is 0 Å². The molecule has 2 rings (SSSR count). The Kier molecular flexibility index (Phi) is 1.98. The first kappa shape index (κ1) is 8.02. The predicted molar refractivity (Wildman–Crippen MR) is 46.0 cm³/mol. The third kappa shape index (κ3) is 1.14. The maximum absolute atomic E-state index is 5.55. The van der Waals surface area contributed by atoms with Crippen molar-refractivity contribution in [1.29, 1.82) is 0 Å². The summed E-state index contributed by atoms with van der Waals surface area (Å²) in [4.78, 5) is 0.520. The number of ether oxygens (including phenoxy) is 2. The second kappa shape index (κ2) is 2.71. The zero-order chi connectivity index (χ0) is 7.90. The Morgan fingerprint density at radius 2 is 2.55 bits per heavy atom. The standard InChI is InChI=1S/C8H13BrO2/c1-2-11-7-3-8(7)5-10-4-6(8)9/h6-7H,2-5H2,1H3/t6?,7-,8+/m0/s1. The minimum atomic E-state index is 0.343. The number of hydrogen-bond donors (Lipinski definition) is 0. The van der Waals surface area contributed by atoms with Crippen molar-refractivity contribution in [3.05, 3.63) is 0 Å². The molecule has 1 saturated heterocycles. The van der Waals surface area contributed by atoms with Crippen LogP contribution < -0.4 is 0 Å². The molecule has 2 aliphatic rings. The molecule has 0 aromatic heterocycles. The lowest BCUT2D eigenvalue weighted by atomic mass is 10.1. The van der Waals surface area contributed by atoms with Gasteiger partial charge in [-0.05, 0) is 13.3 Å². The highest BCUT2D eigenvalue weighted by Gasteiger charge is 2.62. The molecule has 1 aliphatic carbocycles. The molecule has 0 aromatic rings. The van der Waals surface area contributed by atoms with Crippen molar-refractivity contribution >= 4 is 15.9 Å². The quantitative estimate of drug-likeness (QED) is 0.659. The van der Waals surface area contributed by atoms with Gasteiger partial charge in [0.1, 0.15) is 0 Å². The first-order valence-electron chi connectivity index (χ1n) is 4.13. The smallest absolute Gasteiger partial charge is 0.0673 e. The van der Waals surface area contributed by atoms with Crippen molar-refractivity contribution in [3.8, 4) is 0 Å². The van der Waals surface area contributed by atoms with E-state index >= 15 is 0 Å². The molecular formula is C8H13BrO2. The van der Waals surface area contributed by atoms with Gasteiger partial charge in [0, 0.05) is 16.8 Å². The molecule has 0 radical (unpaired) electrons. The normalized spacial score (nSPS) is 48.5. The van der Waals surface area contributed by atoms with E-state index in [0.29, 0.717) is 16.3 Å². The van der Waals surface area contributed by atoms with Gasteiger partial charge in [-0.3, -0.25) is 0 Å². The van der Waals surface area contributed by atoms with Crippen LogP contribution in [-0.2, 0) is 9.47 Å². The van der Waals surface area contributed by atoms with Gasteiger partial charge in [0.05, 0.1) is 19.3 Å². The molecule has 0 amide bonds. The van der Waals surface area contributed by atoms with E-state index in [-0.39, 0.29) is 0 Å². The SMILES string of the molecule is CCO[C@H]1C[C@]12COCC2Br. The monoisotopic (exact) mass is 220 g/mol. The van der Waals surface area contributed by atoms with E-state index < -0.39 is 0 Å². The molecule has 3 atom stereocenters. The minimum Gasteiger partial charge on any atom is -0.380 e. The maximum Gasteiger partial charge on any atom is 0.0673 e. The van der Waals surface area contributed by atoms with Gasteiger partial charge in [0.25, 0.3) is 0 Å². The molecule has 0 N–H and O–H groups in total. The predicted octanol–water partition coefficient (Wildman–Crippen LogP) is 1.58. The van der Waals surface area contributed by atoms with Crippen molar-refractivity contribution in [2.45, 2.75) is 24.3 Å². The van der Waals surface area contributed by atoms with E-state index in [0.717, 1.165) is 19.8 Å². The van der Waals surface area contributed by atoms with Gasteiger partial charge in [-0.15, -0.1) is 0 Å². The second-order valence-electron chi connectivity index (χ2n) is 3.36. The average Bonchev–Trinajstić information content (AvgIpc) is 2.53. The van der Waals surface area contributed by atoms with Crippen LogP contribution >= 0.6 is 15.9 Å². The van der Waals surface area contributed by atoms with Crippen LogP contribution in [0.2, 0.25) is 0 Å². The van der Waals surface area contributed by atoms with Crippen LogP contribution in [0.15, 0.2) is 0 Å². The lowest BCUT2D eigenvalue weighted by molar-refractivity contribution is 0.0925. The number of rotatable bonds is 2. The molecule has 11 heavy (non-hydrogen) atoms. The van der Waals surface area contributed by atoms with E-state index in [1.807, 2.05) is 6.92 Å². The summed E-state index contributed by atoms with van der Waals surface area (Å²) in [5.41, 5.74) is 0.343.